The minimum Gasteiger partial charge on any atom is -0.402 e. The Morgan fingerprint density at radius 1 is 1.04 bits per heavy atom. The van der Waals surface area contributed by atoms with Crippen molar-refractivity contribution in [2.75, 3.05) is 19.0 Å². The van der Waals surface area contributed by atoms with Crippen LogP contribution in [0, 0.1) is 0 Å². The lowest BCUT2D eigenvalue weighted by molar-refractivity contribution is -0.129. The highest BCUT2D eigenvalue weighted by Crippen LogP contribution is 2.28. The summed E-state index contributed by atoms with van der Waals surface area (Å²) in [5.74, 6) is -0.0608. The first kappa shape index (κ1) is 15.6. The van der Waals surface area contributed by atoms with Crippen LogP contribution in [-0.4, -0.2) is 26.0 Å². The van der Waals surface area contributed by atoms with Crippen LogP contribution in [0.1, 0.15) is 10.4 Å². The van der Waals surface area contributed by atoms with Crippen molar-refractivity contribution in [3.05, 3.63) is 70.7 Å². The van der Waals surface area contributed by atoms with Gasteiger partial charge in [-0.25, -0.2) is 9.79 Å². The SMILES string of the molecule is CN(C)c1ccc(/C=C2\N=C(c3ccc4ccccc4c3)OC2=O)s1. The van der Waals surface area contributed by atoms with Crippen molar-refractivity contribution in [2.45, 2.75) is 0 Å². The van der Waals surface area contributed by atoms with Crippen LogP contribution in [0.2, 0.25) is 0 Å². The van der Waals surface area contributed by atoms with Crippen molar-refractivity contribution in [3.8, 4) is 0 Å². The number of nitrogens with zero attached hydrogens (tertiary/aromatic N) is 2. The lowest BCUT2D eigenvalue weighted by Crippen LogP contribution is -2.05. The van der Waals surface area contributed by atoms with Crippen molar-refractivity contribution in [1.29, 1.82) is 0 Å². The van der Waals surface area contributed by atoms with Gasteiger partial charge in [-0.2, -0.15) is 0 Å². The fourth-order valence-corrected chi connectivity index (χ4v) is 3.52. The zero-order valence-corrected chi connectivity index (χ0v) is 14.7. The summed E-state index contributed by atoms with van der Waals surface area (Å²) in [4.78, 5) is 19.6. The quantitative estimate of drug-likeness (QED) is 0.523. The van der Waals surface area contributed by atoms with Gasteiger partial charge in [-0.15, -0.1) is 11.3 Å². The van der Waals surface area contributed by atoms with Crippen LogP contribution in [0.25, 0.3) is 16.8 Å². The van der Waals surface area contributed by atoms with E-state index in [2.05, 4.69) is 4.99 Å². The molecule has 0 bridgehead atoms. The van der Waals surface area contributed by atoms with Gasteiger partial charge < -0.3 is 9.64 Å². The number of esters is 1. The molecule has 124 valence electrons. The number of thiophene rings is 1. The van der Waals surface area contributed by atoms with Gasteiger partial charge in [-0.05, 0) is 41.1 Å². The van der Waals surface area contributed by atoms with Gasteiger partial charge in [-0.1, -0.05) is 30.3 Å². The van der Waals surface area contributed by atoms with Gasteiger partial charge in [0.15, 0.2) is 5.70 Å². The molecule has 0 saturated carbocycles. The van der Waals surface area contributed by atoms with E-state index in [1.807, 2.05) is 73.6 Å². The molecular weight excluding hydrogens is 332 g/mol. The molecule has 0 fully saturated rings. The lowest BCUT2D eigenvalue weighted by atomic mass is 10.1. The number of hydrogen-bond donors (Lipinski definition) is 0. The van der Waals surface area contributed by atoms with E-state index in [0.717, 1.165) is 26.2 Å². The number of carbonyl (C=O) groups is 1. The predicted molar refractivity (Wildman–Crippen MR) is 103 cm³/mol. The summed E-state index contributed by atoms with van der Waals surface area (Å²) in [6.07, 6.45) is 1.77. The number of carbonyl (C=O) groups excluding carboxylic acids is 1. The molecule has 0 radical (unpaired) electrons. The number of anilines is 1. The second-order valence-electron chi connectivity index (χ2n) is 5.97. The molecule has 4 nitrogen and oxygen atoms in total. The van der Waals surface area contributed by atoms with Gasteiger partial charge in [0.1, 0.15) is 0 Å². The zero-order valence-electron chi connectivity index (χ0n) is 13.9. The van der Waals surface area contributed by atoms with Crippen molar-refractivity contribution >= 4 is 45.1 Å². The summed E-state index contributed by atoms with van der Waals surface area (Å²) in [5, 5.41) is 3.35. The van der Waals surface area contributed by atoms with Crippen LogP contribution in [0.3, 0.4) is 0 Å². The van der Waals surface area contributed by atoms with Crippen LogP contribution in [-0.2, 0) is 9.53 Å². The van der Waals surface area contributed by atoms with Gasteiger partial charge in [0.25, 0.3) is 0 Å². The summed E-state index contributed by atoms with van der Waals surface area (Å²) in [5.41, 5.74) is 1.13. The van der Waals surface area contributed by atoms with Gasteiger partial charge >= 0.3 is 5.97 Å². The molecule has 0 amide bonds. The summed E-state index contributed by atoms with van der Waals surface area (Å²) in [6, 6.07) is 18.0. The molecule has 0 N–H and O–H groups in total. The van der Waals surface area contributed by atoms with Crippen LogP contribution in [0.5, 0.6) is 0 Å². The maximum atomic E-state index is 12.2. The number of ether oxygens (including phenoxy) is 1. The fourth-order valence-electron chi connectivity index (χ4n) is 2.65. The van der Waals surface area contributed by atoms with Crippen LogP contribution >= 0.6 is 11.3 Å². The summed E-state index contributed by atoms with van der Waals surface area (Å²) >= 11 is 1.60. The summed E-state index contributed by atoms with van der Waals surface area (Å²) < 4.78 is 5.37. The first-order chi connectivity index (χ1) is 12.1. The van der Waals surface area contributed by atoms with Crippen molar-refractivity contribution in [2.24, 2.45) is 4.99 Å². The van der Waals surface area contributed by atoms with Crippen molar-refractivity contribution in [3.63, 3.8) is 0 Å². The molecule has 0 saturated heterocycles. The Labute approximate surface area is 149 Å². The van der Waals surface area contributed by atoms with Crippen molar-refractivity contribution in [1.82, 2.24) is 0 Å². The molecule has 1 aliphatic heterocycles. The Bertz CT molecular complexity index is 1030. The van der Waals surface area contributed by atoms with E-state index >= 15 is 0 Å². The van der Waals surface area contributed by atoms with Crippen molar-refractivity contribution < 1.29 is 9.53 Å². The first-order valence-electron chi connectivity index (χ1n) is 7.89. The van der Waals surface area contributed by atoms with Gasteiger partial charge in [-0.3, -0.25) is 0 Å². The zero-order chi connectivity index (χ0) is 17.4. The van der Waals surface area contributed by atoms with Crippen LogP contribution in [0.15, 0.2) is 65.3 Å². The monoisotopic (exact) mass is 348 g/mol. The Kier molecular flexibility index (Phi) is 3.86. The molecule has 0 atom stereocenters. The number of benzene rings is 2. The molecule has 3 aromatic rings. The molecule has 4 rings (SSSR count). The van der Waals surface area contributed by atoms with Gasteiger partial charge in [0, 0.05) is 24.5 Å². The second kappa shape index (κ2) is 6.18. The molecule has 2 heterocycles. The summed E-state index contributed by atoms with van der Waals surface area (Å²) in [7, 11) is 3.98. The highest BCUT2D eigenvalue weighted by atomic mass is 32.1. The van der Waals surface area contributed by atoms with E-state index in [0.29, 0.717) is 11.6 Å². The number of rotatable bonds is 3. The standard InChI is InChI=1S/C20H16N2O2S/c1-22(2)18-10-9-16(25-18)12-17-20(23)24-19(21-17)15-8-7-13-5-3-4-6-14(13)11-15/h3-12H,1-2H3/b17-12-. The average molecular weight is 348 g/mol. The van der Waals surface area contributed by atoms with E-state index in [9.17, 15) is 4.79 Å². The average Bonchev–Trinajstić information content (AvgIpc) is 3.22. The number of cyclic esters (lactones) is 1. The molecule has 0 aliphatic carbocycles. The number of hydrogen-bond acceptors (Lipinski definition) is 5. The Hall–Kier alpha value is -2.92. The van der Waals surface area contributed by atoms with Crippen LogP contribution in [0.4, 0.5) is 5.00 Å². The Morgan fingerprint density at radius 3 is 2.60 bits per heavy atom. The molecule has 1 aromatic heterocycles. The first-order valence-corrected chi connectivity index (χ1v) is 8.71. The molecule has 2 aromatic carbocycles. The van der Waals surface area contributed by atoms with E-state index in [-0.39, 0.29) is 0 Å². The lowest BCUT2D eigenvalue weighted by Gasteiger charge is -2.06. The van der Waals surface area contributed by atoms with Gasteiger partial charge in [0.2, 0.25) is 5.90 Å². The molecule has 5 heteroatoms. The summed E-state index contributed by atoms with van der Waals surface area (Å²) in [6.45, 7) is 0. The smallest absolute Gasteiger partial charge is 0.363 e. The van der Waals surface area contributed by atoms with E-state index in [4.69, 9.17) is 4.74 Å². The highest BCUT2D eigenvalue weighted by molar-refractivity contribution is 7.16. The van der Waals surface area contributed by atoms with E-state index in [1.165, 1.54) is 0 Å². The van der Waals surface area contributed by atoms with Gasteiger partial charge in [0.05, 0.1) is 5.00 Å². The Balaban J connectivity index is 1.67. The highest BCUT2D eigenvalue weighted by Gasteiger charge is 2.24. The maximum absolute atomic E-state index is 12.2. The Morgan fingerprint density at radius 2 is 1.84 bits per heavy atom. The third-order valence-corrected chi connectivity index (χ3v) is 5.15. The molecule has 0 unspecified atom stereocenters. The minimum absolute atomic E-state index is 0.329. The topological polar surface area (TPSA) is 41.9 Å². The molecular formula is C20H16N2O2S. The van der Waals surface area contributed by atoms with E-state index < -0.39 is 5.97 Å². The second-order valence-corrected chi connectivity index (χ2v) is 7.06. The normalized spacial score (nSPS) is 15.5. The van der Waals surface area contributed by atoms with Crippen LogP contribution < -0.4 is 4.90 Å². The molecule has 1 aliphatic rings. The fraction of sp³-hybridized carbons (Fsp3) is 0.100. The molecule has 25 heavy (non-hydrogen) atoms. The van der Waals surface area contributed by atoms with E-state index in [1.54, 1.807) is 17.4 Å². The largest absolute Gasteiger partial charge is 0.402 e. The predicted octanol–water partition coefficient (Wildman–Crippen LogP) is 4.31. The number of fused-ring (bicyclic) bond motifs is 1. The minimum atomic E-state index is -0.414. The maximum Gasteiger partial charge on any atom is 0.363 e. The third-order valence-electron chi connectivity index (χ3n) is 3.95. The third kappa shape index (κ3) is 3.06. The number of aliphatic imine (C=N–C) groups is 1. The molecule has 0 spiro atoms.